The number of rotatable bonds is 2. The van der Waals surface area contributed by atoms with Crippen molar-refractivity contribution in [2.45, 2.75) is 12.6 Å². The van der Waals surface area contributed by atoms with E-state index in [-0.39, 0.29) is 6.42 Å². The van der Waals surface area contributed by atoms with E-state index in [9.17, 15) is 18.0 Å². The second kappa shape index (κ2) is 3.66. The van der Waals surface area contributed by atoms with E-state index in [2.05, 4.69) is 0 Å². The molecule has 1 heterocycles. The Morgan fingerprint density at radius 3 is 2.69 bits per heavy atom. The molecule has 0 unspecified atom stereocenters. The van der Waals surface area contributed by atoms with Crippen LogP contribution in [0.25, 0.3) is 11.0 Å². The van der Waals surface area contributed by atoms with Gasteiger partial charge in [-0.2, -0.15) is 13.2 Å². The van der Waals surface area contributed by atoms with Crippen LogP contribution in [0.2, 0.25) is 0 Å². The molecule has 2 rings (SSSR count). The van der Waals surface area contributed by atoms with Crippen molar-refractivity contribution in [3.05, 3.63) is 35.6 Å². The zero-order valence-electron chi connectivity index (χ0n) is 8.04. The third kappa shape index (κ3) is 1.80. The van der Waals surface area contributed by atoms with Crippen LogP contribution in [0.4, 0.5) is 13.2 Å². The van der Waals surface area contributed by atoms with Gasteiger partial charge in [-0.15, -0.1) is 0 Å². The Kier molecular flexibility index (Phi) is 2.46. The van der Waals surface area contributed by atoms with Crippen LogP contribution in [0.15, 0.2) is 28.9 Å². The first-order chi connectivity index (χ1) is 7.52. The summed E-state index contributed by atoms with van der Waals surface area (Å²) >= 11 is 0. The molecule has 0 bridgehead atoms. The van der Waals surface area contributed by atoms with Crippen LogP contribution in [0.1, 0.15) is 11.1 Å². The van der Waals surface area contributed by atoms with Crippen molar-refractivity contribution in [1.82, 2.24) is 0 Å². The van der Waals surface area contributed by atoms with Gasteiger partial charge in [-0.3, -0.25) is 0 Å². The maximum atomic E-state index is 12.4. The van der Waals surface area contributed by atoms with E-state index in [0.29, 0.717) is 22.8 Å². The molecule has 0 fully saturated rings. The van der Waals surface area contributed by atoms with E-state index >= 15 is 0 Å². The number of carbonyl (C=O) groups excluding carboxylic acids is 1. The quantitative estimate of drug-likeness (QED) is 0.739. The van der Waals surface area contributed by atoms with Crippen LogP contribution in [0.3, 0.4) is 0 Å². The largest absolute Gasteiger partial charge is 0.464 e. The van der Waals surface area contributed by atoms with Gasteiger partial charge in [0.05, 0.1) is 11.8 Å². The summed E-state index contributed by atoms with van der Waals surface area (Å²) in [5, 5.41) is 0.335. The zero-order valence-corrected chi connectivity index (χ0v) is 8.04. The first-order valence-corrected chi connectivity index (χ1v) is 4.53. The van der Waals surface area contributed by atoms with Gasteiger partial charge in [0.15, 0.2) is 0 Å². The Morgan fingerprint density at radius 2 is 2.06 bits per heavy atom. The Labute approximate surface area is 88.7 Å². The smallest absolute Gasteiger partial charge is 0.416 e. The molecule has 84 valence electrons. The number of benzene rings is 1. The third-order valence-electron chi connectivity index (χ3n) is 2.28. The van der Waals surface area contributed by atoms with Crippen molar-refractivity contribution in [1.29, 1.82) is 0 Å². The minimum absolute atomic E-state index is 0.0499. The molecular formula is C11H7F3O2. The summed E-state index contributed by atoms with van der Waals surface area (Å²) in [6.07, 6.45) is -2.40. The molecule has 0 aliphatic carbocycles. The van der Waals surface area contributed by atoms with Crippen LogP contribution in [-0.2, 0) is 17.4 Å². The Morgan fingerprint density at radius 1 is 1.31 bits per heavy atom. The molecule has 0 amide bonds. The van der Waals surface area contributed by atoms with Gasteiger partial charge >= 0.3 is 6.18 Å². The van der Waals surface area contributed by atoms with Crippen molar-refractivity contribution in [3.8, 4) is 0 Å². The van der Waals surface area contributed by atoms with Gasteiger partial charge in [-0.25, -0.2) is 0 Å². The summed E-state index contributed by atoms with van der Waals surface area (Å²) in [4.78, 5) is 10.3. The Balaban J connectivity index is 2.58. The normalized spacial score (nSPS) is 11.9. The number of hydrogen-bond acceptors (Lipinski definition) is 2. The highest BCUT2D eigenvalue weighted by molar-refractivity contribution is 5.83. The number of aldehydes is 1. The van der Waals surface area contributed by atoms with E-state index in [1.807, 2.05) is 0 Å². The molecule has 0 aliphatic rings. The van der Waals surface area contributed by atoms with Crippen molar-refractivity contribution >= 4 is 17.3 Å². The SMILES string of the molecule is O=CCc1coc2ccc(C(F)(F)F)cc12. The fourth-order valence-corrected chi connectivity index (χ4v) is 1.51. The molecule has 0 atom stereocenters. The van der Waals surface area contributed by atoms with Crippen molar-refractivity contribution in [2.75, 3.05) is 0 Å². The van der Waals surface area contributed by atoms with E-state index in [0.717, 1.165) is 12.1 Å². The summed E-state index contributed by atoms with van der Waals surface area (Å²) in [7, 11) is 0. The second-order valence-electron chi connectivity index (χ2n) is 3.34. The first kappa shape index (κ1) is 10.7. The van der Waals surface area contributed by atoms with E-state index in [1.165, 1.54) is 12.3 Å². The van der Waals surface area contributed by atoms with Crippen LogP contribution in [0.5, 0.6) is 0 Å². The topological polar surface area (TPSA) is 30.2 Å². The van der Waals surface area contributed by atoms with Gasteiger partial charge in [-0.1, -0.05) is 0 Å². The average Bonchev–Trinajstić information content (AvgIpc) is 2.60. The zero-order chi connectivity index (χ0) is 11.8. The van der Waals surface area contributed by atoms with Gasteiger partial charge in [0, 0.05) is 17.4 Å². The molecule has 0 saturated heterocycles. The molecule has 5 heteroatoms. The van der Waals surface area contributed by atoms with E-state index in [4.69, 9.17) is 4.42 Å². The van der Waals surface area contributed by atoms with Crippen LogP contribution >= 0.6 is 0 Å². The molecule has 16 heavy (non-hydrogen) atoms. The van der Waals surface area contributed by atoms with Crippen LogP contribution in [0, 0.1) is 0 Å². The fourth-order valence-electron chi connectivity index (χ4n) is 1.51. The Bertz CT molecular complexity index is 525. The van der Waals surface area contributed by atoms with Gasteiger partial charge in [0.25, 0.3) is 0 Å². The minimum Gasteiger partial charge on any atom is -0.464 e. The van der Waals surface area contributed by atoms with Crippen molar-refractivity contribution in [3.63, 3.8) is 0 Å². The summed E-state index contributed by atoms with van der Waals surface area (Å²) in [5.41, 5.74) is 0.0782. The third-order valence-corrected chi connectivity index (χ3v) is 2.28. The molecule has 0 N–H and O–H groups in total. The lowest BCUT2D eigenvalue weighted by molar-refractivity contribution is -0.137. The van der Waals surface area contributed by atoms with Crippen molar-refractivity contribution in [2.24, 2.45) is 0 Å². The number of halogens is 3. The number of hydrogen-bond donors (Lipinski definition) is 0. The predicted molar refractivity (Wildman–Crippen MR) is 51.0 cm³/mol. The lowest BCUT2D eigenvalue weighted by Crippen LogP contribution is -2.04. The highest BCUT2D eigenvalue weighted by Crippen LogP contribution is 2.32. The van der Waals surface area contributed by atoms with Gasteiger partial charge in [0.1, 0.15) is 11.9 Å². The predicted octanol–water partition coefficient (Wildman–Crippen LogP) is 3.19. The standard InChI is InChI=1S/C11H7F3O2/c12-11(13,14)8-1-2-10-9(5-8)7(3-4-15)6-16-10/h1-2,4-6H,3H2. The Hall–Kier alpha value is -1.78. The number of furan rings is 1. The number of alkyl halides is 3. The van der Waals surface area contributed by atoms with E-state index in [1.54, 1.807) is 0 Å². The summed E-state index contributed by atoms with van der Waals surface area (Å²) in [6.45, 7) is 0. The minimum atomic E-state index is -4.39. The highest BCUT2D eigenvalue weighted by atomic mass is 19.4. The lowest BCUT2D eigenvalue weighted by atomic mass is 10.1. The number of fused-ring (bicyclic) bond motifs is 1. The number of carbonyl (C=O) groups is 1. The lowest BCUT2D eigenvalue weighted by Gasteiger charge is -2.05. The molecule has 0 saturated carbocycles. The van der Waals surface area contributed by atoms with E-state index < -0.39 is 11.7 Å². The molecule has 1 aromatic heterocycles. The first-order valence-electron chi connectivity index (χ1n) is 4.53. The molecule has 2 nitrogen and oxygen atoms in total. The average molecular weight is 228 g/mol. The summed E-state index contributed by atoms with van der Waals surface area (Å²) in [5.74, 6) is 0. The van der Waals surface area contributed by atoms with Gasteiger partial charge < -0.3 is 9.21 Å². The van der Waals surface area contributed by atoms with Crippen LogP contribution in [-0.4, -0.2) is 6.29 Å². The molecule has 0 aliphatic heterocycles. The van der Waals surface area contributed by atoms with Crippen LogP contribution < -0.4 is 0 Å². The second-order valence-corrected chi connectivity index (χ2v) is 3.34. The maximum absolute atomic E-state index is 12.4. The summed E-state index contributed by atoms with van der Waals surface area (Å²) < 4.78 is 42.4. The van der Waals surface area contributed by atoms with Crippen molar-refractivity contribution < 1.29 is 22.4 Å². The molecule has 0 radical (unpaired) electrons. The van der Waals surface area contributed by atoms with Gasteiger partial charge in [0.2, 0.25) is 0 Å². The monoisotopic (exact) mass is 228 g/mol. The molecular weight excluding hydrogens is 221 g/mol. The maximum Gasteiger partial charge on any atom is 0.416 e. The summed E-state index contributed by atoms with van der Waals surface area (Å²) in [6, 6.07) is 3.21. The highest BCUT2D eigenvalue weighted by Gasteiger charge is 2.30. The van der Waals surface area contributed by atoms with Gasteiger partial charge in [-0.05, 0) is 18.2 Å². The molecule has 0 spiro atoms. The fraction of sp³-hybridized carbons (Fsp3) is 0.182. The molecule has 1 aromatic carbocycles. The molecule has 2 aromatic rings.